The van der Waals surface area contributed by atoms with E-state index in [0.29, 0.717) is 0 Å². The van der Waals surface area contributed by atoms with Gasteiger partial charge in [0.25, 0.3) is 0 Å². The van der Waals surface area contributed by atoms with E-state index < -0.39 is 44.9 Å². The van der Waals surface area contributed by atoms with E-state index in [0.717, 1.165) is 0 Å². The minimum absolute atomic E-state index is 0.623. The van der Waals surface area contributed by atoms with Crippen LogP contribution in [0.3, 0.4) is 0 Å². The maximum atomic E-state index is 5.57. The van der Waals surface area contributed by atoms with Crippen LogP contribution < -0.4 is 22.9 Å². The first kappa shape index (κ1) is 17.5. The van der Waals surface area contributed by atoms with Crippen LogP contribution in [0.5, 0.6) is 0 Å². The molecule has 0 amide bonds. The molecule has 0 saturated carbocycles. The van der Waals surface area contributed by atoms with E-state index in [4.69, 9.17) is 35.2 Å². The molecule has 0 aliphatic carbocycles. The second kappa shape index (κ2) is 7.81. The van der Waals surface area contributed by atoms with Crippen LogP contribution in [0.25, 0.3) is 0 Å². The van der Waals surface area contributed by atoms with Gasteiger partial charge in [0.2, 0.25) is 0 Å². The first-order chi connectivity index (χ1) is 7.67. The van der Waals surface area contributed by atoms with Crippen molar-refractivity contribution in [2.45, 2.75) is 52.6 Å². The molecule has 4 atom stereocenters. The third-order valence-electron chi connectivity index (χ3n) is 1.32. The van der Waals surface area contributed by atoms with Crippen LogP contribution in [0, 0.1) is 0 Å². The number of rotatable bonds is 8. The topological polar surface area (TPSA) is 141 Å². The summed E-state index contributed by atoms with van der Waals surface area (Å²) in [6.07, 6.45) is -2.49. The Labute approximate surface area is 108 Å². The van der Waals surface area contributed by atoms with Crippen molar-refractivity contribution >= 4 is 20.0 Å². The van der Waals surface area contributed by atoms with E-state index >= 15 is 0 Å². The van der Waals surface area contributed by atoms with Gasteiger partial charge in [-0.15, -0.1) is 0 Å². The van der Waals surface area contributed by atoms with E-state index in [2.05, 4.69) is 0 Å². The van der Waals surface area contributed by atoms with Crippen molar-refractivity contribution in [2.24, 2.45) is 22.9 Å². The quantitative estimate of drug-likeness (QED) is 0.310. The van der Waals surface area contributed by atoms with Gasteiger partial charge in [0.1, 0.15) is 0 Å². The fourth-order valence-corrected chi connectivity index (χ4v) is 7.23. The van der Waals surface area contributed by atoms with Crippen molar-refractivity contribution in [2.75, 3.05) is 0 Å². The second-order valence-electron chi connectivity index (χ2n) is 3.79. The summed E-state index contributed by atoms with van der Waals surface area (Å²) < 4.78 is 21.8. The van der Waals surface area contributed by atoms with Gasteiger partial charge in [-0.05, 0) is 0 Å². The zero-order valence-electron chi connectivity index (χ0n) is 10.8. The normalized spacial score (nSPS) is 22.6. The molecule has 4 unspecified atom stereocenters. The maximum absolute atomic E-state index is 5.57. The molecule has 104 valence electrons. The molecule has 0 fully saturated rings. The van der Waals surface area contributed by atoms with E-state index in [9.17, 15) is 0 Å². The SMILES string of the molecule is CC(N)[O][Sn]([O]C(C)N)([O]C(C)N)[O]C(C)N. The van der Waals surface area contributed by atoms with Crippen LogP contribution in [-0.2, 0) is 12.3 Å². The molecule has 0 aliphatic rings. The number of hydrogen-bond donors (Lipinski definition) is 4. The molecular formula is C8H24N4O4Sn. The Balaban J connectivity index is 4.89. The zero-order valence-corrected chi connectivity index (χ0v) is 13.6. The predicted octanol–water partition coefficient (Wildman–Crippen LogP) is -1.29. The molecule has 9 heteroatoms. The summed E-state index contributed by atoms with van der Waals surface area (Å²) in [6.45, 7) is 6.52. The zero-order chi connectivity index (χ0) is 13.6. The van der Waals surface area contributed by atoms with Crippen LogP contribution in [-0.4, -0.2) is 44.9 Å². The molecule has 0 saturated heterocycles. The average Bonchev–Trinajstić information content (AvgIpc) is 1.95. The molecule has 8 N–H and O–H groups in total. The van der Waals surface area contributed by atoms with E-state index in [1.807, 2.05) is 0 Å². The summed E-state index contributed by atoms with van der Waals surface area (Å²) in [5.41, 5.74) is 22.3. The summed E-state index contributed by atoms with van der Waals surface area (Å²) in [6, 6.07) is 0. The van der Waals surface area contributed by atoms with Gasteiger partial charge in [-0.25, -0.2) is 0 Å². The van der Waals surface area contributed by atoms with E-state index in [-0.39, 0.29) is 0 Å². The first-order valence-electron chi connectivity index (χ1n) is 5.40. The summed E-state index contributed by atoms with van der Waals surface area (Å²) in [7, 11) is 0. The van der Waals surface area contributed by atoms with Crippen molar-refractivity contribution in [1.29, 1.82) is 0 Å². The standard InChI is InChI=1S/4C2H6NO.Sn/c4*1-2(3)4;/h4*2H,3H2,1H3;/q4*-1;+4. The Kier molecular flexibility index (Phi) is 8.03. The Hall–Kier alpha value is 0.479. The van der Waals surface area contributed by atoms with Gasteiger partial charge in [0.15, 0.2) is 0 Å². The molecule has 17 heavy (non-hydrogen) atoms. The molecule has 0 aromatic carbocycles. The molecular weight excluding hydrogens is 335 g/mol. The fourth-order valence-electron chi connectivity index (χ4n) is 1.08. The monoisotopic (exact) mass is 360 g/mol. The molecule has 0 radical (unpaired) electrons. The Morgan fingerprint density at radius 2 is 0.765 bits per heavy atom. The molecule has 0 aromatic rings. The van der Waals surface area contributed by atoms with Gasteiger partial charge in [0.05, 0.1) is 0 Å². The summed E-state index contributed by atoms with van der Waals surface area (Å²) in [5, 5.41) is 0. The molecule has 8 nitrogen and oxygen atoms in total. The third kappa shape index (κ3) is 8.24. The predicted molar refractivity (Wildman–Crippen MR) is 64.7 cm³/mol. The van der Waals surface area contributed by atoms with Gasteiger partial charge >= 0.3 is 108 Å². The van der Waals surface area contributed by atoms with Gasteiger partial charge in [-0.2, -0.15) is 0 Å². The minimum atomic E-state index is -4.39. The number of nitrogens with two attached hydrogens (primary N) is 4. The van der Waals surface area contributed by atoms with Crippen molar-refractivity contribution in [1.82, 2.24) is 0 Å². The van der Waals surface area contributed by atoms with Crippen molar-refractivity contribution in [3.63, 3.8) is 0 Å². The Morgan fingerprint density at radius 3 is 0.882 bits per heavy atom. The first-order valence-corrected chi connectivity index (χ1v) is 10.1. The molecule has 0 heterocycles. The average molecular weight is 359 g/mol. The summed E-state index contributed by atoms with van der Waals surface area (Å²) >= 11 is -4.39. The van der Waals surface area contributed by atoms with Gasteiger partial charge in [-0.1, -0.05) is 0 Å². The van der Waals surface area contributed by atoms with Crippen molar-refractivity contribution < 1.29 is 12.3 Å². The van der Waals surface area contributed by atoms with Crippen LogP contribution in [0.4, 0.5) is 0 Å². The molecule has 0 aromatic heterocycles. The van der Waals surface area contributed by atoms with Gasteiger partial charge < -0.3 is 0 Å². The molecule has 0 spiro atoms. The van der Waals surface area contributed by atoms with Crippen LogP contribution >= 0.6 is 0 Å². The van der Waals surface area contributed by atoms with E-state index in [1.54, 1.807) is 27.7 Å². The second-order valence-corrected chi connectivity index (χ2v) is 9.34. The summed E-state index contributed by atoms with van der Waals surface area (Å²) in [5.74, 6) is 0. The van der Waals surface area contributed by atoms with Crippen molar-refractivity contribution in [3.05, 3.63) is 0 Å². The van der Waals surface area contributed by atoms with Crippen LogP contribution in [0.15, 0.2) is 0 Å². The molecule has 0 aliphatic heterocycles. The molecule has 0 rings (SSSR count). The van der Waals surface area contributed by atoms with E-state index in [1.165, 1.54) is 0 Å². The van der Waals surface area contributed by atoms with Gasteiger partial charge in [0, 0.05) is 0 Å². The summed E-state index contributed by atoms with van der Waals surface area (Å²) in [4.78, 5) is 0. The van der Waals surface area contributed by atoms with Crippen molar-refractivity contribution in [3.8, 4) is 0 Å². The van der Waals surface area contributed by atoms with Crippen LogP contribution in [0.1, 0.15) is 27.7 Å². The Bertz CT molecular complexity index is 170. The third-order valence-corrected chi connectivity index (χ3v) is 8.86. The molecule has 0 bridgehead atoms. The fraction of sp³-hybridized carbons (Fsp3) is 1.00. The van der Waals surface area contributed by atoms with Crippen LogP contribution in [0.2, 0.25) is 0 Å². The van der Waals surface area contributed by atoms with Gasteiger partial charge in [-0.3, -0.25) is 0 Å². The Morgan fingerprint density at radius 1 is 0.588 bits per heavy atom. The number of hydrogen-bond acceptors (Lipinski definition) is 8.